The van der Waals surface area contributed by atoms with Crippen molar-refractivity contribution >= 4 is 34.3 Å². The third kappa shape index (κ3) is 4.50. The summed E-state index contributed by atoms with van der Waals surface area (Å²) in [6.45, 7) is 0.443. The normalized spacial score (nSPS) is 10.7. The molecule has 1 amide bonds. The van der Waals surface area contributed by atoms with E-state index in [0.29, 0.717) is 12.5 Å². The van der Waals surface area contributed by atoms with Crippen molar-refractivity contribution in [1.29, 1.82) is 0 Å². The van der Waals surface area contributed by atoms with Crippen molar-refractivity contribution in [1.82, 2.24) is 9.55 Å². The molecule has 1 heterocycles. The van der Waals surface area contributed by atoms with E-state index in [9.17, 15) is 19.3 Å². The zero-order valence-corrected chi connectivity index (χ0v) is 16.3. The Labute approximate surface area is 176 Å². The molecule has 0 spiro atoms. The molecule has 0 aliphatic rings. The summed E-state index contributed by atoms with van der Waals surface area (Å²) in [6.07, 6.45) is 0. The molecule has 0 saturated heterocycles. The Morgan fingerprint density at radius 1 is 1.06 bits per heavy atom. The van der Waals surface area contributed by atoms with Crippen LogP contribution in [0.1, 0.15) is 5.56 Å². The highest BCUT2D eigenvalue weighted by molar-refractivity contribution is 5.92. The Morgan fingerprint density at radius 2 is 1.81 bits per heavy atom. The zero-order chi connectivity index (χ0) is 21.8. The number of aromatic nitrogens is 2. The van der Waals surface area contributed by atoms with Gasteiger partial charge in [0.2, 0.25) is 17.7 Å². The van der Waals surface area contributed by atoms with Crippen LogP contribution in [-0.2, 0) is 17.9 Å². The van der Waals surface area contributed by atoms with Crippen LogP contribution in [0.2, 0.25) is 0 Å². The van der Waals surface area contributed by atoms with Crippen molar-refractivity contribution in [2.45, 2.75) is 13.1 Å². The summed E-state index contributed by atoms with van der Waals surface area (Å²) in [5.74, 6) is -0.867. The molecule has 3 aromatic carbocycles. The number of halogens is 1. The van der Waals surface area contributed by atoms with E-state index in [-0.39, 0.29) is 12.2 Å². The molecule has 4 rings (SSSR count). The highest BCUT2D eigenvalue weighted by Gasteiger charge is 2.17. The summed E-state index contributed by atoms with van der Waals surface area (Å²) in [6, 6.07) is 20.4. The number of nitro groups is 1. The fourth-order valence-corrected chi connectivity index (χ4v) is 3.22. The first-order valence-corrected chi connectivity index (χ1v) is 9.48. The van der Waals surface area contributed by atoms with Crippen LogP contribution in [0, 0.1) is 15.9 Å². The highest BCUT2D eigenvalue weighted by Crippen LogP contribution is 2.23. The van der Waals surface area contributed by atoms with Crippen molar-refractivity contribution in [3.05, 3.63) is 94.3 Å². The maximum Gasteiger partial charge on any atom is 0.306 e. The lowest BCUT2D eigenvalue weighted by Crippen LogP contribution is -2.20. The van der Waals surface area contributed by atoms with E-state index >= 15 is 0 Å². The first kappa shape index (κ1) is 20.0. The van der Waals surface area contributed by atoms with Gasteiger partial charge in [-0.2, -0.15) is 4.39 Å². The summed E-state index contributed by atoms with van der Waals surface area (Å²) < 4.78 is 15.3. The molecule has 0 saturated carbocycles. The predicted octanol–water partition coefficient (Wildman–Crippen LogP) is 4.33. The van der Waals surface area contributed by atoms with E-state index in [4.69, 9.17) is 0 Å². The first-order chi connectivity index (χ1) is 15.0. The molecule has 9 heteroatoms. The Kier molecular flexibility index (Phi) is 5.57. The summed E-state index contributed by atoms with van der Waals surface area (Å²) in [5, 5.41) is 16.8. The van der Waals surface area contributed by atoms with Gasteiger partial charge in [0.05, 0.1) is 16.0 Å². The molecular weight excluding hydrogens is 401 g/mol. The van der Waals surface area contributed by atoms with Crippen LogP contribution in [0.4, 0.5) is 21.7 Å². The van der Waals surface area contributed by atoms with E-state index in [1.807, 2.05) is 54.6 Å². The van der Waals surface area contributed by atoms with Crippen molar-refractivity contribution in [2.24, 2.45) is 0 Å². The molecule has 0 aliphatic carbocycles. The van der Waals surface area contributed by atoms with Crippen LogP contribution in [0.5, 0.6) is 0 Å². The van der Waals surface area contributed by atoms with Gasteiger partial charge in [-0.3, -0.25) is 14.9 Å². The zero-order valence-electron chi connectivity index (χ0n) is 16.3. The van der Waals surface area contributed by atoms with Gasteiger partial charge in [0.15, 0.2) is 0 Å². The molecule has 0 radical (unpaired) electrons. The molecule has 31 heavy (non-hydrogen) atoms. The number of nitrogens with zero attached hydrogens (tertiary/aromatic N) is 3. The second kappa shape index (κ2) is 8.62. The lowest BCUT2D eigenvalue weighted by molar-refractivity contribution is -0.387. The standard InChI is InChI=1S/C22H18FN5O3/c23-17-11-10-16(12-20(17)28(30)31)25-21(29)14-27-19-9-5-4-8-18(19)26-22(27)24-13-15-6-2-1-3-7-15/h1-12H,13-14H2,(H,24,26)(H,25,29). The van der Waals surface area contributed by atoms with Crippen molar-refractivity contribution in [2.75, 3.05) is 10.6 Å². The van der Waals surface area contributed by atoms with E-state index < -0.39 is 22.3 Å². The number of rotatable bonds is 7. The van der Waals surface area contributed by atoms with Gasteiger partial charge in [-0.25, -0.2) is 4.98 Å². The minimum Gasteiger partial charge on any atom is -0.352 e. The average Bonchev–Trinajstić information content (AvgIpc) is 3.11. The maximum absolute atomic E-state index is 13.5. The van der Waals surface area contributed by atoms with Crippen LogP contribution in [0.3, 0.4) is 0 Å². The number of carbonyl (C=O) groups is 1. The molecule has 156 valence electrons. The van der Waals surface area contributed by atoms with Crippen molar-refractivity contribution < 1.29 is 14.1 Å². The number of para-hydroxylation sites is 2. The molecule has 0 bridgehead atoms. The van der Waals surface area contributed by atoms with Crippen LogP contribution >= 0.6 is 0 Å². The second-order valence-electron chi connectivity index (χ2n) is 6.82. The number of carbonyl (C=O) groups excluding carboxylic acids is 1. The lowest BCUT2D eigenvalue weighted by Gasteiger charge is -2.11. The highest BCUT2D eigenvalue weighted by atomic mass is 19.1. The number of hydrogen-bond acceptors (Lipinski definition) is 5. The van der Waals surface area contributed by atoms with Gasteiger partial charge in [-0.05, 0) is 29.8 Å². The minimum absolute atomic E-state index is 0.0805. The second-order valence-corrected chi connectivity index (χ2v) is 6.82. The van der Waals surface area contributed by atoms with Gasteiger partial charge in [0.1, 0.15) is 6.54 Å². The van der Waals surface area contributed by atoms with Gasteiger partial charge >= 0.3 is 5.69 Å². The minimum atomic E-state index is -0.962. The molecule has 1 aromatic heterocycles. The van der Waals surface area contributed by atoms with Crippen LogP contribution < -0.4 is 10.6 Å². The smallest absolute Gasteiger partial charge is 0.306 e. The largest absolute Gasteiger partial charge is 0.352 e. The Bertz CT molecular complexity index is 1260. The van der Waals surface area contributed by atoms with E-state index in [1.165, 1.54) is 6.07 Å². The quantitative estimate of drug-likeness (QED) is 0.343. The van der Waals surface area contributed by atoms with Gasteiger partial charge in [0.25, 0.3) is 0 Å². The maximum atomic E-state index is 13.5. The van der Waals surface area contributed by atoms with Crippen LogP contribution in [0.15, 0.2) is 72.8 Å². The number of benzene rings is 3. The van der Waals surface area contributed by atoms with Crippen LogP contribution in [0.25, 0.3) is 11.0 Å². The van der Waals surface area contributed by atoms with Gasteiger partial charge in [0, 0.05) is 18.3 Å². The Balaban J connectivity index is 1.56. The molecule has 0 aliphatic heterocycles. The SMILES string of the molecule is O=C(Cn1c(NCc2ccccc2)nc2ccccc21)Nc1ccc(F)c([N+](=O)[O-])c1. The van der Waals surface area contributed by atoms with Crippen molar-refractivity contribution in [3.63, 3.8) is 0 Å². The number of nitrogens with one attached hydrogen (secondary N) is 2. The van der Waals surface area contributed by atoms with E-state index in [2.05, 4.69) is 15.6 Å². The molecule has 8 nitrogen and oxygen atoms in total. The number of amides is 1. The van der Waals surface area contributed by atoms with Crippen molar-refractivity contribution in [3.8, 4) is 0 Å². The lowest BCUT2D eigenvalue weighted by atomic mass is 10.2. The molecular formula is C22H18FN5O3. The topological polar surface area (TPSA) is 102 Å². The molecule has 0 atom stereocenters. The fourth-order valence-electron chi connectivity index (χ4n) is 3.22. The van der Waals surface area contributed by atoms with Crippen LogP contribution in [-0.4, -0.2) is 20.4 Å². The Morgan fingerprint density at radius 3 is 2.58 bits per heavy atom. The number of fused-ring (bicyclic) bond motifs is 1. The molecule has 2 N–H and O–H groups in total. The number of imidazole rings is 1. The third-order valence-corrected chi connectivity index (χ3v) is 4.68. The number of hydrogen-bond donors (Lipinski definition) is 2. The average molecular weight is 419 g/mol. The van der Waals surface area contributed by atoms with Gasteiger partial charge in [-0.1, -0.05) is 42.5 Å². The fraction of sp³-hybridized carbons (Fsp3) is 0.0909. The molecule has 0 unspecified atom stereocenters. The molecule has 4 aromatic rings. The van der Waals surface area contributed by atoms with Gasteiger partial charge in [-0.15, -0.1) is 0 Å². The molecule has 0 fully saturated rings. The first-order valence-electron chi connectivity index (χ1n) is 9.48. The van der Waals surface area contributed by atoms with E-state index in [0.717, 1.165) is 28.7 Å². The summed E-state index contributed by atoms with van der Waals surface area (Å²) in [7, 11) is 0. The summed E-state index contributed by atoms with van der Waals surface area (Å²) in [5.41, 5.74) is 1.99. The monoisotopic (exact) mass is 419 g/mol. The predicted molar refractivity (Wildman–Crippen MR) is 115 cm³/mol. The third-order valence-electron chi connectivity index (χ3n) is 4.68. The Hall–Kier alpha value is -4.27. The summed E-state index contributed by atoms with van der Waals surface area (Å²) >= 11 is 0. The number of nitro benzene ring substituents is 1. The summed E-state index contributed by atoms with van der Waals surface area (Å²) in [4.78, 5) is 27.3. The van der Waals surface area contributed by atoms with E-state index in [1.54, 1.807) is 4.57 Å². The van der Waals surface area contributed by atoms with Gasteiger partial charge < -0.3 is 15.2 Å². The number of anilines is 2.